The van der Waals surface area contributed by atoms with Crippen LogP contribution in [0, 0.1) is 0 Å². The third-order valence-electron chi connectivity index (χ3n) is 3.32. The molecule has 3 rings (SSSR count). The van der Waals surface area contributed by atoms with Crippen LogP contribution in [0.5, 0.6) is 0 Å². The Hall–Kier alpha value is -1.53. The van der Waals surface area contributed by atoms with Gasteiger partial charge in [0, 0.05) is 0 Å². The highest BCUT2D eigenvalue weighted by Gasteiger charge is 2.37. The fourth-order valence-corrected chi connectivity index (χ4v) is 2.87. The highest BCUT2D eigenvalue weighted by Crippen LogP contribution is 2.37. The molecule has 24 heavy (non-hydrogen) atoms. The average molecular weight is 404 g/mol. The summed E-state index contributed by atoms with van der Waals surface area (Å²) in [5.41, 5.74) is 1.50. The van der Waals surface area contributed by atoms with Crippen molar-refractivity contribution in [2.24, 2.45) is 0 Å². The number of para-hydroxylation sites is 1. The number of hydrogen-bond acceptors (Lipinski definition) is 3. The van der Waals surface area contributed by atoms with Crippen LogP contribution in [-0.2, 0) is 0 Å². The molecule has 2 aromatic carbocycles. The van der Waals surface area contributed by atoms with Gasteiger partial charge in [0.05, 0.1) is 16.1 Å². The Morgan fingerprint density at radius 2 is 1.75 bits per heavy atom. The van der Waals surface area contributed by atoms with Gasteiger partial charge in [0.2, 0.25) is 3.79 Å². The number of aromatic nitrogens is 3. The number of benzene rings is 2. The number of hydrogen-bond donors (Lipinski definition) is 1. The van der Waals surface area contributed by atoms with Gasteiger partial charge in [-0.3, -0.25) is 4.79 Å². The molecule has 0 radical (unpaired) electrons. The number of rotatable bonds is 3. The molecule has 1 atom stereocenters. The molecule has 0 aliphatic rings. The summed E-state index contributed by atoms with van der Waals surface area (Å²) in [7, 11) is 0. The average Bonchev–Trinajstić information content (AvgIpc) is 2.95. The molecule has 1 amide bonds. The fourth-order valence-electron chi connectivity index (χ4n) is 2.21. The van der Waals surface area contributed by atoms with Crippen LogP contribution in [-0.4, -0.2) is 24.7 Å². The third kappa shape index (κ3) is 3.44. The molecule has 1 heterocycles. The summed E-state index contributed by atoms with van der Waals surface area (Å²) in [5, 5.41) is 11.0. The van der Waals surface area contributed by atoms with Crippen molar-refractivity contribution in [2.45, 2.75) is 9.96 Å². The molecule has 0 aliphatic heterocycles. The lowest BCUT2D eigenvalue weighted by atomic mass is 10.2. The van der Waals surface area contributed by atoms with Gasteiger partial charge in [0.1, 0.15) is 5.52 Å². The van der Waals surface area contributed by atoms with Crippen LogP contribution in [0.1, 0.15) is 16.5 Å². The maximum atomic E-state index is 12.5. The van der Waals surface area contributed by atoms with Crippen molar-refractivity contribution in [3.63, 3.8) is 0 Å². The van der Waals surface area contributed by atoms with Crippen molar-refractivity contribution in [2.75, 3.05) is 0 Å². The van der Waals surface area contributed by atoms with Gasteiger partial charge in [0.25, 0.3) is 5.91 Å². The zero-order valence-electron chi connectivity index (χ0n) is 12.0. The van der Waals surface area contributed by atoms with E-state index in [0.717, 1.165) is 0 Å². The molecule has 0 saturated heterocycles. The highest BCUT2D eigenvalue weighted by molar-refractivity contribution is 6.68. The molecule has 0 aliphatic carbocycles. The Balaban J connectivity index is 1.99. The van der Waals surface area contributed by atoms with Crippen LogP contribution in [0.4, 0.5) is 0 Å². The molecule has 0 fully saturated rings. The predicted molar refractivity (Wildman–Crippen MR) is 95.8 cm³/mol. The summed E-state index contributed by atoms with van der Waals surface area (Å²) in [4.78, 5) is 12.5. The number of amides is 1. The largest absolute Gasteiger partial charge is 0.326 e. The van der Waals surface area contributed by atoms with E-state index in [1.165, 1.54) is 4.68 Å². The van der Waals surface area contributed by atoms with Crippen LogP contribution in [0.3, 0.4) is 0 Å². The number of halogens is 4. The van der Waals surface area contributed by atoms with E-state index < -0.39 is 15.9 Å². The highest BCUT2D eigenvalue weighted by atomic mass is 35.6. The van der Waals surface area contributed by atoms with Crippen LogP contribution in [0.25, 0.3) is 11.0 Å². The van der Waals surface area contributed by atoms with Crippen molar-refractivity contribution < 1.29 is 4.79 Å². The zero-order chi connectivity index (χ0) is 17.3. The van der Waals surface area contributed by atoms with Gasteiger partial charge in [-0.05, 0) is 24.3 Å². The summed E-state index contributed by atoms with van der Waals surface area (Å²) in [5.74, 6) is -0.489. The quantitative estimate of drug-likeness (QED) is 0.660. The summed E-state index contributed by atoms with van der Waals surface area (Å²) in [6, 6.07) is 13.7. The van der Waals surface area contributed by atoms with Gasteiger partial charge < -0.3 is 5.32 Å². The molecule has 1 aromatic heterocycles. The van der Waals surface area contributed by atoms with E-state index in [2.05, 4.69) is 15.6 Å². The lowest BCUT2D eigenvalue weighted by molar-refractivity contribution is 0.0917. The molecular weight excluding hydrogens is 394 g/mol. The second-order valence-corrected chi connectivity index (χ2v) is 7.70. The normalized spacial score (nSPS) is 13.0. The topological polar surface area (TPSA) is 59.8 Å². The number of nitrogens with zero attached hydrogens (tertiary/aromatic N) is 3. The molecule has 124 valence electrons. The van der Waals surface area contributed by atoms with Gasteiger partial charge in [-0.15, -0.1) is 5.10 Å². The lowest BCUT2D eigenvalue weighted by Gasteiger charge is -2.26. The molecule has 3 aromatic rings. The van der Waals surface area contributed by atoms with Crippen molar-refractivity contribution >= 4 is 63.3 Å². The number of carbonyl (C=O) groups is 1. The molecule has 1 N–H and O–H groups in total. The minimum Gasteiger partial charge on any atom is -0.326 e. The summed E-state index contributed by atoms with van der Waals surface area (Å²) < 4.78 is -0.496. The van der Waals surface area contributed by atoms with Gasteiger partial charge in [-0.25, -0.2) is 4.68 Å². The summed E-state index contributed by atoms with van der Waals surface area (Å²) in [6.07, 6.45) is -1.07. The van der Waals surface area contributed by atoms with E-state index in [-0.39, 0.29) is 5.56 Å². The molecule has 0 saturated carbocycles. The number of carbonyl (C=O) groups excluding carboxylic acids is 1. The number of alkyl halides is 3. The van der Waals surface area contributed by atoms with Gasteiger partial charge in [-0.1, -0.05) is 75.9 Å². The Labute approximate surface area is 157 Å². The van der Waals surface area contributed by atoms with Crippen molar-refractivity contribution in [1.29, 1.82) is 0 Å². The fraction of sp³-hybridized carbons (Fsp3) is 0.133. The first kappa shape index (κ1) is 17.3. The molecule has 0 spiro atoms. The third-order valence-corrected chi connectivity index (χ3v) is 4.27. The molecule has 0 unspecified atom stereocenters. The van der Waals surface area contributed by atoms with Crippen molar-refractivity contribution in [3.05, 3.63) is 59.1 Å². The first-order valence-corrected chi connectivity index (χ1v) is 8.31. The van der Waals surface area contributed by atoms with E-state index in [0.29, 0.717) is 16.1 Å². The summed E-state index contributed by atoms with van der Waals surface area (Å²) in [6.45, 7) is 0. The zero-order valence-corrected chi connectivity index (χ0v) is 15.0. The van der Waals surface area contributed by atoms with Gasteiger partial charge in [0.15, 0.2) is 6.17 Å². The number of nitrogens with one attached hydrogen (secondary N) is 1. The lowest BCUT2D eigenvalue weighted by Crippen LogP contribution is -2.41. The predicted octanol–water partition coefficient (Wildman–Crippen LogP) is 4.38. The first-order chi connectivity index (χ1) is 11.4. The second kappa shape index (κ2) is 6.76. The van der Waals surface area contributed by atoms with Gasteiger partial charge in [-0.2, -0.15) is 0 Å². The maximum absolute atomic E-state index is 12.5. The Morgan fingerprint density at radius 1 is 1.08 bits per heavy atom. The van der Waals surface area contributed by atoms with Crippen molar-refractivity contribution in [1.82, 2.24) is 20.3 Å². The van der Waals surface area contributed by atoms with E-state index >= 15 is 0 Å². The Morgan fingerprint density at radius 3 is 2.46 bits per heavy atom. The second-order valence-electron chi connectivity index (χ2n) is 4.92. The van der Waals surface area contributed by atoms with Gasteiger partial charge >= 0.3 is 0 Å². The number of fused-ring (bicyclic) bond motifs is 1. The van der Waals surface area contributed by atoms with Crippen LogP contribution in [0.15, 0.2) is 48.5 Å². The molecular formula is C15H10Cl4N4O. The standard InChI is InChI=1S/C15H10Cl4N4O/c16-10-6-2-1-5-9(10)13(24)20-14(15(17,18)19)23-12-8-4-3-7-11(12)21-22-23/h1-8,14H,(H,20,24)/t14-/m0/s1. The maximum Gasteiger partial charge on any atom is 0.254 e. The molecule has 9 heteroatoms. The Bertz CT molecular complexity index is 890. The summed E-state index contributed by atoms with van der Waals surface area (Å²) >= 11 is 24.2. The smallest absolute Gasteiger partial charge is 0.254 e. The van der Waals surface area contributed by atoms with E-state index in [4.69, 9.17) is 46.4 Å². The molecule has 5 nitrogen and oxygen atoms in total. The minimum absolute atomic E-state index is 0.267. The van der Waals surface area contributed by atoms with E-state index in [1.54, 1.807) is 42.5 Å². The first-order valence-electron chi connectivity index (χ1n) is 6.80. The molecule has 0 bridgehead atoms. The van der Waals surface area contributed by atoms with Crippen molar-refractivity contribution in [3.8, 4) is 0 Å². The van der Waals surface area contributed by atoms with E-state index in [1.807, 2.05) is 6.07 Å². The SMILES string of the molecule is O=C(N[C@@H](n1nnc2ccccc21)C(Cl)(Cl)Cl)c1ccccc1Cl. The van der Waals surface area contributed by atoms with E-state index in [9.17, 15) is 4.79 Å². The van der Waals surface area contributed by atoms with Crippen LogP contribution >= 0.6 is 46.4 Å². The Kier molecular flexibility index (Phi) is 4.88. The minimum atomic E-state index is -1.85. The van der Waals surface area contributed by atoms with Crippen LogP contribution in [0.2, 0.25) is 5.02 Å². The monoisotopic (exact) mass is 402 g/mol. The van der Waals surface area contributed by atoms with Crippen LogP contribution < -0.4 is 5.32 Å².